The fourth-order valence-electron chi connectivity index (χ4n) is 4.36. The molecule has 2 aliphatic rings. The van der Waals surface area contributed by atoms with Gasteiger partial charge in [0.15, 0.2) is 5.78 Å². The zero-order valence-electron chi connectivity index (χ0n) is 14.4. The quantitative estimate of drug-likeness (QED) is 0.808. The van der Waals surface area contributed by atoms with Crippen LogP contribution in [0.5, 0.6) is 5.75 Å². The molecule has 0 radical (unpaired) electrons. The van der Waals surface area contributed by atoms with Gasteiger partial charge in [-0.25, -0.2) is 0 Å². The van der Waals surface area contributed by atoms with Gasteiger partial charge in [0, 0.05) is 11.5 Å². The summed E-state index contributed by atoms with van der Waals surface area (Å²) in [4.78, 5) is 13.2. The Morgan fingerprint density at radius 2 is 1.92 bits per heavy atom. The first kappa shape index (κ1) is 15.9. The third-order valence-corrected chi connectivity index (χ3v) is 5.61. The summed E-state index contributed by atoms with van der Waals surface area (Å²) in [6.45, 7) is 2.21. The predicted octanol–water partition coefficient (Wildman–Crippen LogP) is 4.25. The smallest absolute Gasteiger partial charge is 0.182 e. The predicted molar refractivity (Wildman–Crippen MR) is 99.2 cm³/mol. The van der Waals surface area contributed by atoms with Gasteiger partial charge in [-0.1, -0.05) is 42.5 Å². The molecule has 4 rings (SSSR count). The van der Waals surface area contributed by atoms with Gasteiger partial charge in [0.2, 0.25) is 0 Å². The second-order valence-corrected chi connectivity index (χ2v) is 7.57. The van der Waals surface area contributed by atoms with Crippen LogP contribution in [-0.2, 0) is 4.79 Å². The highest BCUT2D eigenvalue weighted by Gasteiger charge is 2.47. The van der Waals surface area contributed by atoms with E-state index in [2.05, 4.69) is 12.2 Å². The summed E-state index contributed by atoms with van der Waals surface area (Å²) in [5, 5.41) is 13.3. The number of allylic oxidation sites excluding steroid dienone is 1. The lowest BCUT2D eigenvalue weighted by molar-refractivity contribution is -0.124. The Morgan fingerprint density at radius 1 is 1.12 bits per heavy atom. The first-order valence-corrected chi connectivity index (χ1v) is 8.92. The van der Waals surface area contributed by atoms with Gasteiger partial charge in [-0.3, -0.25) is 4.79 Å². The van der Waals surface area contributed by atoms with E-state index < -0.39 is 0 Å². The minimum Gasteiger partial charge on any atom is -0.508 e. The van der Waals surface area contributed by atoms with Crippen molar-refractivity contribution in [2.75, 3.05) is 0 Å². The third kappa shape index (κ3) is 3.07. The summed E-state index contributed by atoms with van der Waals surface area (Å²) in [6, 6.07) is 17.4. The van der Waals surface area contributed by atoms with E-state index in [9.17, 15) is 9.90 Å². The van der Waals surface area contributed by atoms with E-state index in [1.165, 1.54) is 0 Å². The lowest BCUT2D eigenvalue weighted by atomic mass is 9.64. The van der Waals surface area contributed by atoms with Gasteiger partial charge in [-0.05, 0) is 61.4 Å². The molecule has 0 aromatic heterocycles. The SMILES string of the molecule is CC12CC[C@@H](c3cccc(O)c3)C(C1)C(=O)/C(=C/c1ccccc1)N2. The highest BCUT2D eigenvalue weighted by molar-refractivity contribution is 6.02. The van der Waals surface area contributed by atoms with Crippen molar-refractivity contribution >= 4 is 11.9 Å². The average molecular weight is 333 g/mol. The number of hydrogen-bond acceptors (Lipinski definition) is 3. The van der Waals surface area contributed by atoms with E-state index in [0.29, 0.717) is 0 Å². The van der Waals surface area contributed by atoms with Crippen LogP contribution in [0.2, 0.25) is 0 Å². The van der Waals surface area contributed by atoms with Crippen molar-refractivity contribution < 1.29 is 9.90 Å². The average Bonchev–Trinajstić information content (AvgIpc) is 2.60. The van der Waals surface area contributed by atoms with E-state index in [1.54, 1.807) is 6.07 Å². The van der Waals surface area contributed by atoms with Crippen molar-refractivity contribution in [3.63, 3.8) is 0 Å². The Bertz CT molecular complexity index is 827. The van der Waals surface area contributed by atoms with Gasteiger partial charge in [-0.2, -0.15) is 0 Å². The van der Waals surface area contributed by atoms with Crippen molar-refractivity contribution in [2.45, 2.75) is 37.6 Å². The van der Waals surface area contributed by atoms with Crippen LogP contribution in [0.1, 0.15) is 43.2 Å². The molecule has 3 nitrogen and oxygen atoms in total. The Labute approximate surface area is 148 Å². The van der Waals surface area contributed by atoms with E-state index >= 15 is 0 Å². The molecule has 0 amide bonds. The molecule has 128 valence electrons. The summed E-state index contributed by atoms with van der Waals surface area (Å²) in [7, 11) is 0. The minimum absolute atomic E-state index is 0.0308. The third-order valence-electron chi connectivity index (χ3n) is 5.61. The van der Waals surface area contributed by atoms with Gasteiger partial charge in [0.05, 0.1) is 5.70 Å². The Morgan fingerprint density at radius 3 is 2.68 bits per heavy atom. The molecule has 2 fully saturated rings. The van der Waals surface area contributed by atoms with Gasteiger partial charge in [0.25, 0.3) is 0 Å². The van der Waals surface area contributed by atoms with Crippen LogP contribution in [-0.4, -0.2) is 16.4 Å². The Kier molecular flexibility index (Phi) is 3.87. The lowest BCUT2D eigenvalue weighted by Gasteiger charge is -2.48. The Hall–Kier alpha value is -2.55. The van der Waals surface area contributed by atoms with Crippen molar-refractivity contribution in [3.8, 4) is 5.75 Å². The van der Waals surface area contributed by atoms with Crippen molar-refractivity contribution in [2.24, 2.45) is 5.92 Å². The van der Waals surface area contributed by atoms with Crippen LogP contribution in [0.4, 0.5) is 0 Å². The number of aromatic hydroxyl groups is 1. The number of ketones is 1. The van der Waals surface area contributed by atoms with Crippen LogP contribution in [0, 0.1) is 5.92 Å². The molecule has 1 saturated heterocycles. The molecule has 2 aromatic rings. The number of Topliss-reactive ketones (excluding diaryl/α,β-unsaturated/α-hetero) is 1. The van der Waals surface area contributed by atoms with E-state index in [4.69, 9.17) is 0 Å². The molecule has 2 unspecified atom stereocenters. The fraction of sp³-hybridized carbons (Fsp3) is 0.318. The van der Waals surface area contributed by atoms with Gasteiger partial charge < -0.3 is 10.4 Å². The molecule has 3 heteroatoms. The number of benzene rings is 2. The number of phenolic OH excluding ortho intramolecular Hbond substituents is 1. The second kappa shape index (κ2) is 6.07. The maximum atomic E-state index is 13.2. The van der Waals surface area contributed by atoms with Crippen LogP contribution in [0.3, 0.4) is 0 Å². The standard InChI is InChI=1S/C22H23NO2/c1-22-11-10-18(16-8-5-9-17(24)13-16)19(14-22)21(25)20(23-22)12-15-6-3-2-4-7-15/h2-9,12-13,18-19,23-24H,10-11,14H2,1H3/b20-12-/t18-,19?,22?/m0/s1. The zero-order chi connectivity index (χ0) is 17.4. The number of phenols is 1. The first-order valence-electron chi connectivity index (χ1n) is 8.92. The largest absolute Gasteiger partial charge is 0.508 e. The summed E-state index contributed by atoms with van der Waals surface area (Å²) in [5.74, 6) is 0.604. The van der Waals surface area contributed by atoms with Gasteiger partial charge in [0.1, 0.15) is 5.75 Å². The molecule has 2 aromatic carbocycles. The summed E-state index contributed by atoms with van der Waals surface area (Å²) < 4.78 is 0. The van der Waals surface area contributed by atoms with Crippen LogP contribution < -0.4 is 5.32 Å². The monoisotopic (exact) mass is 333 g/mol. The number of rotatable bonds is 2. The molecule has 2 bridgehead atoms. The maximum absolute atomic E-state index is 13.2. The number of nitrogens with one attached hydrogen (secondary N) is 1. The van der Waals surface area contributed by atoms with Crippen molar-refractivity contribution in [3.05, 3.63) is 71.4 Å². The number of piperidine rings is 1. The molecule has 1 aliphatic carbocycles. The molecule has 0 spiro atoms. The van der Waals surface area contributed by atoms with Crippen LogP contribution in [0.15, 0.2) is 60.3 Å². The lowest BCUT2D eigenvalue weighted by Crippen LogP contribution is -2.55. The zero-order valence-corrected chi connectivity index (χ0v) is 14.4. The molecule has 1 aliphatic heterocycles. The molecule has 1 saturated carbocycles. The number of carbonyl (C=O) groups is 1. The normalized spacial score (nSPS) is 30.1. The molecular weight excluding hydrogens is 310 g/mol. The highest BCUT2D eigenvalue weighted by Crippen LogP contribution is 2.47. The van der Waals surface area contributed by atoms with Crippen molar-refractivity contribution in [1.82, 2.24) is 5.32 Å². The maximum Gasteiger partial charge on any atom is 0.182 e. The topological polar surface area (TPSA) is 49.3 Å². The number of fused-ring (bicyclic) bond motifs is 2. The van der Waals surface area contributed by atoms with E-state index in [1.807, 2.05) is 54.6 Å². The molecule has 25 heavy (non-hydrogen) atoms. The fourth-order valence-corrected chi connectivity index (χ4v) is 4.36. The minimum atomic E-state index is -0.0352. The second-order valence-electron chi connectivity index (χ2n) is 7.57. The summed E-state index contributed by atoms with van der Waals surface area (Å²) >= 11 is 0. The van der Waals surface area contributed by atoms with Gasteiger partial charge in [-0.15, -0.1) is 0 Å². The molecule has 1 heterocycles. The molecular formula is C22H23NO2. The highest BCUT2D eigenvalue weighted by atomic mass is 16.3. The Balaban J connectivity index is 1.69. The molecule has 3 atom stereocenters. The molecule has 2 N–H and O–H groups in total. The van der Waals surface area contributed by atoms with Crippen molar-refractivity contribution in [1.29, 1.82) is 0 Å². The van der Waals surface area contributed by atoms with Gasteiger partial charge >= 0.3 is 0 Å². The number of hydrogen-bond donors (Lipinski definition) is 2. The summed E-state index contributed by atoms with van der Waals surface area (Å²) in [5.41, 5.74) is 2.79. The van der Waals surface area contributed by atoms with Crippen LogP contribution >= 0.6 is 0 Å². The first-order chi connectivity index (χ1) is 12.0. The summed E-state index contributed by atoms with van der Waals surface area (Å²) in [6.07, 6.45) is 4.79. The number of carbonyl (C=O) groups excluding carboxylic acids is 1. The van der Waals surface area contributed by atoms with E-state index in [-0.39, 0.29) is 28.9 Å². The van der Waals surface area contributed by atoms with Crippen LogP contribution in [0.25, 0.3) is 6.08 Å². The van der Waals surface area contributed by atoms with E-state index in [0.717, 1.165) is 36.1 Å².